The van der Waals surface area contributed by atoms with Crippen LogP contribution in [0.4, 0.5) is 0 Å². The van der Waals surface area contributed by atoms with Crippen molar-refractivity contribution in [2.45, 2.75) is 18.4 Å². The van der Waals surface area contributed by atoms with E-state index in [0.717, 1.165) is 15.8 Å². The minimum atomic E-state index is -0.811. The summed E-state index contributed by atoms with van der Waals surface area (Å²) >= 11 is 4.89. The summed E-state index contributed by atoms with van der Waals surface area (Å²) in [5.74, 6) is -0.811. The van der Waals surface area contributed by atoms with Crippen LogP contribution in [0.1, 0.15) is 17.7 Å². The molecule has 1 atom stereocenters. The van der Waals surface area contributed by atoms with Crippen molar-refractivity contribution in [1.29, 1.82) is 0 Å². The van der Waals surface area contributed by atoms with Gasteiger partial charge >= 0.3 is 5.97 Å². The first kappa shape index (κ1) is 10.1. The van der Waals surface area contributed by atoms with E-state index in [9.17, 15) is 4.79 Å². The molecular formula is C9H9BrO3S. The Labute approximate surface area is 93.8 Å². The molecule has 2 heterocycles. The fraction of sp³-hybridized carbons (Fsp3) is 0.444. The highest BCUT2D eigenvalue weighted by atomic mass is 79.9. The number of ether oxygens (including phenoxy) is 1. The highest BCUT2D eigenvalue weighted by Crippen LogP contribution is 2.44. The van der Waals surface area contributed by atoms with Gasteiger partial charge in [-0.3, -0.25) is 4.79 Å². The standard InChI is InChI=1S/C9H9BrO3S/c10-6-3-7(14-5-6)9(1-2-13-9)4-8(11)12/h3,5H,1-2,4H2,(H,11,12). The zero-order valence-corrected chi connectivity index (χ0v) is 9.73. The van der Waals surface area contributed by atoms with Gasteiger partial charge in [0.2, 0.25) is 0 Å². The van der Waals surface area contributed by atoms with Crippen LogP contribution >= 0.6 is 27.3 Å². The van der Waals surface area contributed by atoms with E-state index in [4.69, 9.17) is 9.84 Å². The van der Waals surface area contributed by atoms with Gasteiger partial charge in [-0.15, -0.1) is 11.3 Å². The molecular weight excluding hydrogens is 268 g/mol. The van der Waals surface area contributed by atoms with Crippen molar-refractivity contribution in [3.8, 4) is 0 Å². The molecule has 0 bridgehead atoms. The molecule has 1 aliphatic heterocycles. The molecule has 1 N–H and O–H groups in total. The molecule has 2 rings (SSSR count). The summed E-state index contributed by atoms with van der Waals surface area (Å²) in [4.78, 5) is 11.7. The van der Waals surface area contributed by atoms with Gasteiger partial charge in [0.05, 0.1) is 13.0 Å². The second-order valence-corrected chi connectivity index (χ2v) is 5.12. The number of carboxylic acids is 1. The van der Waals surface area contributed by atoms with Gasteiger partial charge in [-0.1, -0.05) is 0 Å². The minimum absolute atomic E-state index is 0.0555. The van der Waals surface area contributed by atoms with Gasteiger partial charge in [-0.05, 0) is 22.0 Å². The Bertz CT molecular complexity index is 357. The smallest absolute Gasteiger partial charge is 0.306 e. The monoisotopic (exact) mass is 276 g/mol. The van der Waals surface area contributed by atoms with Crippen LogP contribution in [0.5, 0.6) is 0 Å². The predicted octanol–water partition coefficient (Wildman–Crippen LogP) is 2.60. The number of aliphatic carboxylic acids is 1. The van der Waals surface area contributed by atoms with Crippen molar-refractivity contribution in [1.82, 2.24) is 0 Å². The van der Waals surface area contributed by atoms with E-state index >= 15 is 0 Å². The summed E-state index contributed by atoms with van der Waals surface area (Å²) < 4.78 is 6.42. The summed E-state index contributed by atoms with van der Waals surface area (Å²) in [6, 6.07) is 1.94. The zero-order valence-electron chi connectivity index (χ0n) is 7.33. The Balaban J connectivity index is 2.24. The molecule has 1 aromatic heterocycles. The average molecular weight is 277 g/mol. The van der Waals surface area contributed by atoms with E-state index in [2.05, 4.69) is 15.9 Å². The van der Waals surface area contributed by atoms with E-state index in [1.807, 2.05) is 11.4 Å². The number of rotatable bonds is 3. The molecule has 0 saturated carbocycles. The van der Waals surface area contributed by atoms with Crippen molar-refractivity contribution >= 4 is 33.2 Å². The van der Waals surface area contributed by atoms with Crippen molar-refractivity contribution < 1.29 is 14.6 Å². The molecule has 0 spiro atoms. The first-order valence-electron chi connectivity index (χ1n) is 4.23. The molecule has 5 heteroatoms. The van der Waals surface area contributed by atoms with Gasteiger partial charge in [0.25, 0.3) is 0 Å². The fourth-order valence-corrected chi connectivity index (χ4v) is 3.18. The molecule has 1 aliphatic rings. The number of hydrogen-bond acceptors (Lipinski definition) is 3. The summed E-state index contributed by atoms with van der Waals surface area (Å²) in [6.45, 7) is 0.656. The number of hydrogen-bond donors (Lipinski definition) is 1. The molecule has 1 fully saturated rings. The molecule has 0 aromatic carbocycles. The Morgan fingerprint density at radius 2 is 2.50 bits per heavy atom. The first-order chi connectivity index (χ1) is 6.62. The van der Waals surface area contributed by atoms with Crippen LogP contribution in [-0.4, -0.2) is 17.7 Å². The first-order valence-corrected chi connectivity index (χ1v) is 5.90. The third kappa shape index (κ3) is 1.71. The third-order valence-corrected chi connectivity index (χ3v) is 4.21. The van der Waals surface area contributed by atoms with Gasteiger partial charge in [-0.25, -0.2) is 0 Å². The molecule has 3 nitrogen and oxygen atoms in total. The van der Waals surface area contributed by atoms with E-state index in [0.29, 0.717) is 6.61 Å². The second-order valence-electron chi connectivity index (χ2n) is 3.29. The molecule has 0 aliphatic carbocycles. The van der Waals surface area contributed by atoms with E-state index < -0.39 is 11.6 Å². The van der Waals surface area contributed by atoms with E-state index in [1.165, 1.54) is 11.3 Å². The Kier molecular flexibility index (Phi) is 2.64. The number of halogens is 1. The third-order valence-electron chi connectivity index (χ3n) is 2.34. The van der Waals surface area contributed by atoms with E-state index in [-0.39, 0.29) is 6.42 Å². The topological polar surface area (TPSA) is 46.5 Å². The van der Waals surface area contributed by atoms with Gasteiger partial charge in [0.15, 0.2) is 0 Å². The molecule has 1 aromatic rings. The molecule has 1 saturated heterocycles. The van der Waals surface area contributed by atoms with Gasteiger partial charge in [0.1, 0.15) is 5.60 Å². The molecule has 14 heavy (non-hydrogen) atoms. The van der Waals surface area contributed by atoms with Crippen LogP contribution in [0, 0.1) is 0 Å². The maximum Gasteiger partial charge on any atom is 0.306 e. The van der Waals surface area contributed by atoms with Crippen molar-refractivity contribution in [2.24, 2.45) is 0 Å². The predicted molar refractivity (Wildman–Crippen MR) is 56.5 cm³/mol. The summed E-state index contributed by atoms with van der Waals surface area (Å²) in [5.41, 5.74) is -0.553. The Morgan fingerprint density at radius 1 is 1.79 bits per heavy atom. The molecule has 0 amide bonds. The van der Waals surface area contributed by atoms with Crippen molar-refractivity contribution in [3.05, 3.63) is 20.8 Å². The highest BCUT2D eigenvalue weighted by molar-refractivity contribution is 9.10. The number of carboxylic acid groups (broad SMARTS) is 1. The second kappa shape index (κ2) is 3.64. The minimum Gasteiger partial charge on any atom is -0.481 e. The lowest BCUT2D eigenvalue weighted by Crippen LogP contribution is -2.42. The maximum atomic E-state index is 10.7. The largest absolute Gasteiger partial charge is 0.481 e. The lowest BCUT2D eigenvalue weighted by atomic mass is 9.89. The van der Waals surface area contributed by atoms with Crippen LogP contribution in [0.2, 0.25) is 0 Å². The normalized spacial score (nSPS) is 25.8. The average Bonchev–Trinajstić information content (AvgIpc) is 2.44. The molecule has 1 unspecified atom stereocenters. The molecule has 0 radical (unpaired) electrons. The van der Waals surface area contributed by atoms with Crippen LogP contribution in [0.15, 0.2) is 15.9 Å². The number of carbonyl (C=O) groups is 1. The molecule has 76 valence electrons. The summed E-state index contributed by atoms with van der Waals surface area (Å²) in [6.07, 6.45) is 0.853. The lowest BCUT2D eigenvalue weighted by Gasteiger charge is -2.40. The maximum absolute atomic E-state index is 10.7. The van der Waals surface area contributed by atoms with Crippen LogP contribution in [-0.2, 0) is 15.1 Å². The van der Waals surface area contributed by atoms with Crippen LogP contribution in [0.25, 0.3) is 0 Å². The van der Waals surface area contributed by atoms with Crippen molar-refractivity contribution in [2.75, 3.05) is 6.61 Å². The van der Waals surface area contributed by atoms with Crippen LogP contribution < -0.4 is 0 Å². The van der Waals surface area contributed by atoms with Gasteiger partial charge < -0.3 is 9.84 Å². The number of thiophene rings is 1. The van der Waals surface area contributed by atoms with Gasteiger partial charge in [0, 0.05) is 21.2 Å². The van der Waals surface area contributed by atoms with Crippen molar-refractivity contribution in [3.63, 3.8) is 0 Å². The Morgan fingerprint density at radius 3 is 2.86 bits per heavy atom. The lowest BCUT2D eigenvalue weighted by molar-refractivity contribution is -0.174. The van der Waals surface area contributed by atoms with Gasteiger partial charge in [-0.2, -0.15) is 0 Å². The quantitative estimate of drug-likeness (QED) is 0.923. The summed E-state index contributed by atoms with van der Waals surface area (Å²) in [7, 11) is 0. The summed E-state index contributed by atoms with van der Waals surface area (Å²) in [5, 5.41) is 10.7. The SMILES string of the molecule is O=C(O)CC1(c2cc(Br)cs2)CCO1. The zero-order chi connectivity index (χ0) is 10.2. The van der Waals surface area contributed by atoms with E-state index in [1.54, 1.807) is 0 Å². The fourth-order valence-electron chi connectivity index (χ4n) is 1.57. The van der Waals surface area contributed by atoms with Crippen LogP contribution in [0.3, 0.4) is 0 Å². The highest BCUT2D eigenvalue weighted by Gasteiger charge is 2.43. The Hall–Kier alpha value is -0.390.